The van der Waals surface area contributed by atoms with E-state index in [1.54, 1.807) is 5.38 Å². The fourth-order valence-corrected chi connectivity index (χ4v) is 1.95. The minimum absolute atomic E-state index is 0.162. The topological polar surface area (TPSA) is 62.2 Å². The molecule has 0 aliphatic carbocycles. The maximum absolute atomic E-state index is 10.6. The van der Waals surface area contributed by atoms with E-state index in [2.05, 4.69) is 24.1 Å². The Kier molecular flexibility index (Phi) is 4.71. The summed E-state index contributed by atoms with van der Waals surface area (Å²) in [5.74, 6) is -0.951. The van der Waals surface area contributed by atoms with Gasteiger partial charge in [0.2, 0.25) is 5.01 Å². The van der Waals surface area contributed by atoms with Crippen LogP contribution in [0.1, 0.15) is 42.2 Å². The van der Waals surface area contributed by atoms with Crippen molar-refractivity contribution in [3.63, 3.8) is 0 Å². The standard InChI is InChI=1S/C10H16N2O2S/c1-3-4-7(2)11-5-8-6-15-9(12-8)10(13)14/h6-7,11H,3-5H2,1-2H3,(H,13,14). The average molecular weight is 228 g/mol. The molecule has 15 heavy (non-hydrogen) atoms. The van der Waals surface area contributed by atoms with E-state index < -0.39 is 5.97 Å². The van der Waals surface area contributed by atoms with Crippen LogP contribution >= 0.6 is 11.3 Å². The Morgan fingerprint density at radius 2 is 2.47 bits per heavy atom. The van der Waals surface area contributed by atoms with Gasteiger partial charge in [0.15, 0.2) is 0 Å². The minimum Gasteiger partial charge on any atom is -0.476 e. The molecule has 0 spiro atoms. The third-order valence-corrected chi connectivity index (χ3v) is 2.97. The molecule has 84 valence electrons. The van der Waals surface area contributed by atoms with Gasteiger partial charge in [-0.25, -0.2) is 9.78 Å². The number of carboxylic acid groups (broad SMARTS) is 1. The van der Waals surface area contributed by atoms with Crippen LogP contribution < -0.4 is 5.32 Å². The molecule has 0 bridgehead atoms. The van der Waals surface area contributed by atoms with Crippen molar-refractivity contribution >= 4 is 17.3 Å². The molecule has 0 fully saturated rings. The highest BCUT2D eigenvalue weighted by molar-refractivity contribution is 7.11. The van der Waals surface area contributed by atoms with Crippen molar-refractivity contribution in [1.82, 2.24) is 10.3 Å². The van der Waals surface area contributed by atoms with Gasteiger partial charge in [0.05, 0.1) is 5.69 Å². The number of rotatable bonds is 6. The van der Waals surface area contributed by atoms with Gasteiger partial charge in [0.25, 0.3) is 0 Å². The van der Waals surface area contributed by atoms with Crippen molar-refractivity contribution in [2.75, 3.05) is 0 Å². The molecule has 0 aliphatic heterocycles. The zero-order chi connectivity index (χ0) is 11.3. The molecule has 0 aliphatic rings. The van der Waals surface area contributed by atoms with Crippen LogP contribution in [0.5, 0.6) is 0 Å². The zero-order valence-corrected chi connectivity index (χ0v) is 9.80. The van der Waals surface area contributed by atoms with Crippen LogP contribution in [0.15, 0.2) is 5.38 Å². The monoisotopic (exact) mass is 228 g/mol. The summed E-state index contributed by atoms with van der Waals surface area (Å²) in [6, 6.07) is 0.449. The molecule has 0 radical (unpaired) electrons. The summed E-state index contributed by atoms with van der Waals surface area (Å²) >= 11 is 1.17. The molecule has 1 atom stereocenters. The van der Waals surface area contributed by atoms with E-state index in [-0.39, 0.29) is 5.01 Å². The van der Waals surface area contributed by atoms with Gasteiger partial charge >= 0.3 is 5.97 Å². The Morgan fingerprint density at radius 1 is 1.73 bits per heavy atom. The first kappa shape index (κ1) is 12.1. The molecule has 1 unspecified atom stereocenters. The molecule has 1 heterocycles. The SMILES string of the molecule is CCCC(C)NCc1csc(C(=O)O)n1. The largest absolute Gasteiger partial charge is 0.476 e. The number of nitrogens with one attached hydrogen (secondary N) is 1. The smallest absolute Gasteiger partial charge is 0.365 e. The zero-order valence-electron chi connectivity index (χ0n) is 8.99. The Hall–Kier alpha value is -0.940. The number of carboxylic acids is 1. The van der Waals surface area contributed by atoms with Gasteiger partial charge in [-0.2, -0.15) is 0 Å². The first-order chi connectivity index (χ1) is 7.13. The van der Waals surface area contributed by atoms with Gasteiger partial charge in [0, 0.05) is 18.0 Å². The van der Waals surface area contributed by atoms with Crippen LogP contribution in [0, 0.1) is 0 Å². The summed E-state index contributed by atoms with van der Waals surface area (Å²) in [5.41, 5.74) is 0.806. The summed E-state index contributed by atoms with van der Waals surface area (Å²) in [4.78, 5) is 14.6. The van der Waals surface area contributed by atoms with Gasteiger partial charge in [-0.3, -0.25) is 0 Å². The molecule has 1 rings (SSSR count). The lowest BCUT2D eigenvalue weighted by molar-refractivity contribution is 0.0696. The highest BCUT2D eigenvalue weighted by Crippen LogP contribution is 2.09. The average Bonchev–Trinajstić information content (AvgIpc) is 2.63. The van der Waals surface area contributed by atoms with Crippen LogP contribution in [0.25, 0.3) is 0 Å². The molecule has 1 aromatic rings. The lowest BCUT2D eigenvalue weighted by atomic mass is 10.2. The Labute approximate surface area is 93.4 Å². The number of hydrogen-bond acceptors (Lipinski definition) is 4. The van der Waals surface area contributed by atoms with E-state index >= 15 is 0 Å². The van der Waals surface area contributed by atoms with Gasteiger partial charge in [-0.05, 0) is 13.3 Å². The number of hydrogen-bond donors (Lipinski definition) is 2. The van der Waals surface area contributed by atoms with Crippen molar-refractivity contribution in [1.29, 1.82) is 0 Å². The van der Waals surface area contributed by atoms with Gasteiger partial charge in [-0.1, -0.05) is 13.3 Å². The fourth-order valence-electron chi connectivity index (χ4n) is 1.30. The summed E-state index contributed by atoms with van der Waals surface area (Å²) in [6.07, 6.45) is 2.27. The fraction of sp³-hybridized carbons (Fsp3) is 0.600. The van der Waals surface area contributed by atoms with Crippen molar-refractivity contribution < 1.29 is 9.90 Å². The quantitative estimate of drug-likeness (QED) is 0.783. The van der Waals surface area contributed by atoms with Crippen molar-refractivity contribution in [3.05, 3.63) is 16.1 Å². The maximum atomic E-state index is 10.6. The highest BCUT2D eigenvalue weighted by atomic mass is 32.1. The van der Waals surface area contributed by atoms with E-state index in [1.807, 2.05) is 0 Å². The normalized spacial score (nSPS) is 12.7. The molecular formula is C10H16N2O2S. The second-order valence-electron chi connectivity index (χ2n) is 3.52. The number of carbonyl (C=O) groups is 1. The number of nitrogens with zero attached hydrogens (tertiary/aromatic N) is 1. The van der Waals surface area contributed by atoms with Crippen LogP contribution in [-0.4, -0.2) is 22.1 Å². The molecule has 0 saturated carbocycles. The minimum atomic E-state index is -0.951. The second kappa shape index (κ2) is 5.82. The number of thiazole rings is 1. The molecule has 0 amide bonds. The summed E-state index contributed by atoms with van der Waals surface area (Å²) in [7, 11) is 0. The molecule has 0 saturated heterocycles. The third-order valence-electron chi connectivity index (χ3n) is 2.09. The van der Waals surface area contributed by atoms with Gasteiger partial charge in [-0.15, -0.1) is 11.3 Å². The third kappa shape index (κ3) is 3.97. The van der Waals surface area contributed by atoms with E-state index in [1.165, 1.54) is 11.3 Å². The van der Waals surface area contributed by atoms with Crippen molar-refractivity contribution in [2.45, 2.75) is 39.3 Å². The predicted octanol–water partition coefficient (Wildman–Crippen LogP) is 2.12. The lowest BCUT2D eigenvalue weighted by Gasteiger charge is -2.10. The maximum Gasteiger partial charge on any atom is 0.365 e. The van der Waals surface area contributed by atoms with Gasteiger partial charge < -0.3 is 10.4 Å². The number of aromatic nitrogens is 1. The molecule has 5 heteroatoms. The summed E-state index contributed by atoms with van der Waals surface area (Å²) < 4.78 is 0. The van der Waals surface area contributed by atoms with E-state index in [4.69, 9.17) is 5.11 Å². The van der Waals surface area contributed by atoms with Crippen molar-refractivity contribution in [2.24, 2.45) is 0 Å². The van der Waals surface area contributed by atoms with Crippen LogP contribution in [0.3, 0.4) is 0 Å². The lowest BCUT2D eigenvalue weighted by Crippen LogP contribution is -2.25. The van der Waals surface area contributed by atoms with E-state index in [0.717, 1.165) is 18.5 Å². The Balaban J connectivity index is 2.40. The molecule has 4 nitrogen and oxygen atoms in total. The molecule has 0 aromatic carbocycles. The predicted molar refractivity (Wildman–Crippen MR) is 60.3 cm³/mol. The van der Waals surface area contributed by atoms with Crippen LogP contribution in [0.4, 0.5) is 0 Å². The van der Waals surface area contributed by atoms with Crippen LogP contribution in [0.2, 0.25) is 0 Å². The Morgan fingerprint density at radius 3 is 3.00 bits per heavy atom. The van der Waals surface area contributed by atoms with Crippen LogP contribution in [-0.2, 0) is 6.54 Å². The number of aromatic carboxylic acids is 1. The van der Waals surface area contributed by atoms with Gasteiger partial charge in [0.1, 0.15) is 0 Å². The Bertz CT molecular complexity index is 325. The first-order valence-electron chi connectivity index (χ1n) is 5.04. The second-order valence-corrected chi connectivity index (χ2v) is 4.38. The summed E-state index contributed by atoms with van der Waals surface area (Å²) in [6.45, 7) is 4.91. The molecule has 2 N–H and O–H groups in total. The molecular weight excluding hydrogens is 212 g/mol. The highest BCUT2D eigenvalue weighted by Gasteiger charge is 2.09. The molecule has 1 aromatic heterocycles. The van der Waals surface area contributed by atoms with E-state index in [0.29, 0.717) is 12.6 Å². The summed E-state index contributed by atoms with van der Waals surface area (Å²) in [5, 5.41) is 13.9. The first-order valence-corrected chi connectivity index (χ1v) is 5.92. The van der Waals surface area contributed by atoms with Crippen molar-refractivity contribution in [3.8, 4) is 0 Å². The van der Waals surface area contributed by atoms with E-state index in [9.17, 15) is 4.79 Å².